The van der Waals surface area contributed by atoms with Crippen LogP contribution in [0, 0.1) is 6.92 Å². The van der Waals surface area contributed by atoms with E-state index in [4.69, 9.17) is 4.74 Å². The highest BCUT2D eigenvalue weighted by atomic mass is 16.5. The van der Waals surface area contributed by atoms with Crippen LogP contribution in [0.4, 0.5) is 5.69 Å². The van der Waals surface area contributed by atoms with Gasteiger partial charge in [0.1, 0.15) is 17.4 Å². The Bertz CT molecular complexity index is 778. The average molecular weight is 309 g/mol. The second-order valence-corrected chi connectivity index (χ2v) is 6.28. The highest BCUT2D eigenvalue weighted by molar-refractivity contribution is 5.85. The zero-order chi connectivity index (χ0) is 16.0. The molecule has 1 fully saturated rings. The summed E-state index contributed by atoms with van der Waals surface area (Å²) in [4.78, 5) is 14.2. The van der Waals surface area contributed by atoms with E-state index in [9.17, 15) is 9.90 Å². The van der Waals surface area contributed by atoms with Crippen LogP contribution in [-0.2, 0) is 4.79 Å². The fraction of sp³-hybridized carbons (Fsp3) is 0.316. The van der Waals surface area contributed by atoms with E-state index in [1.54, 1.807) is 0 Å². The second-order valence-electron chi connectivity index (χ2n) is 6.28. The average Bonchev–Trinajstić information content (AvgIpc) is 3.07. The summed E-state index contributed by atoms with van der Waals surface area (Å²) in [6.07, 6.45) is 2.41. The van der Waals surface area contributed by atoms with E-state index in [2.05, 4.69) is 11.0 Å². The second kappa shape index (κ2) is 5.30. The number of para-hydroxylation sites is 1. The summed E-state index contributed by atoms with van der Waals surface area (Å²) in [5.74, 6) is -0.176. The Hall–Kier alpha value is -2.49. The Kier molecular flexibility index (Phi) is 3.26. The van der Waals surface area contributed by atoms with Crippen LogP contribution in [-0.4, -0.2) is 24.2 Å². The monoisotopic (exact) mass is 309 g/mol. The molecule has 2 aromatic carbocycles. The summed E-state index contributed by atoms with van der Waals surface area (Å²) in [6.45, 7) is 4.08. The van der Waals surface area contributed by atoms with E-state index in [0.29, 0.717) is 11.5 Å². The molecule has 0 amide bonds. The number of hydrogen-bond acceptors (Lipinski definition) is 3. The van der Waals surface area contributed by atoms with Crippen molar-refractivity contribution in [3.8, 4) is 11.5 Å². The molecule has 2 heterocycles. The van der Waals surface area contributed by atoms with Gasteiger partial charge in [0, 0.05) is 36.0 Å². The van der Waals surface area contributed by atoms with Crippen LogP contribution in [0.2, 0.25) is 0 Å². The summed E-state index contributed by atoms with van der Waals surface area (Å²) in [6, 6.07) is 11.5. The molecule has 2 aliphatic heterocycles. The Morgan fingerprint density at radius 2 is 1.91 bits per heavy atom. The van der Waals surface area contributed by atoms with E-state index >= 15 is 0 Å². The molecular weight excluding hydrogens is 290 g/mol. The van der Waals surface area contributed by atoms with Crippen LogP contribution in [0.1, 0.15) is 35.4 Å². The molecule has 2 aromatic rings. The SMILES string of the molecule is Cc1cc(N2CCCC2)cc2c1C(C(=O)O)c1ccccc1O2. The van der Waals surface area contributed by atoms with Gasteiger partial charge in [-0.15, -0.1) is 0 Å². The van der Waals surface area contributed by atoms with Gasteiger partial charge in [-0.1, -0.05) is 18.2 Å². The quantitative estimate of drug-likeness (QED) is 0.913. The van der Waals surface area contributed by atoms with Crippen molar-refractivity contribution in [1.82, 2.24) is 0 Å². The minimum absolute atomic E-state index is 0.644. The zero-order valence-corrected chi connectivity index (χ0v) is 13.1. The molecule has 2 aliphatic rings. The molecule has 1 N–H and O–H groups in total. The van der Waals surface area contributed by atoms with Crippen LogP contribution in [0.25, 0.3) is 0 Å². The van der Waals surface area contributed by atoms with Crippen molar-refractivity contribution < 1.29 is 14.6 Å². The van der Waals surface area contributed by atoms with Gasteiger partial charge in [0.15, 0.2) is 0 Å². The molecule has 0 spiro atoms. The van der Waals surface area contributed by atoms with Gasteiger partial charge in [0.25, 0.3) is 0 Å². The molecule has 4 rings (SSSR count). The third-order valence-electron chi connectivity index (χ3n) is 4.79. The molecule has 4 nitrogen and oxygen atoms in total. The van der Waals surface area contributed by atoms with Crippen LogP contribution >= 0.6 is 0 Å². The maximum atomic E-state index is 11.9. The summed E-state index contributed by atoms with van der Waals surface area (Å²) in [5, 5.41) is 9.77. The van der Waals surface area contributed by atoms with Crippen molar-refractivity contribution in [2.24, 2.45) is 0 Å². The molecule has 1 atom stereocenters. The topological polar surface area (TPSA) is 49.8 Å². The number of rotatable bonds is 2. The number of aryl methyl sites for hydroxylation is 1. The number of fused-ring (bicyclic) bond motifs is 2. The molecule has 4 heteroatoms. The van der Waals surface area contributed by atoms with Crippen LogP contribution in [0.15, 0.2) is 36.4 Å². The van der Waals surface area contributed by atoms with Crippen LogP contribution < -0.4 is 9.64 Å². The van der Waals surface area contributed by atoms with E-state index < -0.39 is 11.9 Å². The molecule has 0 aliphatic carbocycles. The smallest absolute Gasteiger partial charge is 0.315 e. The van der Waals surface area contributed by atoms with Crippen LogP contribution in [0.5, 0.6) is 11.5 Å². The number of carboxylic acid groups (broad SMARTS) is 1. The molecule has 1 unspecified atom stereocenters. The lowest BCUT2D eigenvalue weighted by atomic mass is 9.85. The number of hydrogen-bond donors (Lipinski definition) is 1. The predicted molar refractivity (Wildman–Crippen MR) is 88.6 cm³/mol. The molecule has 1 saturated heterocycles. The highest BCUT2D eigenvalue weighted by Crippen LogP contribution is 2.47. The molecular formula is C19H19NO3. The maximum Gasteiger partial charge on any atom is 0.315 e. The Morgan fingerprint density at radius 3 is 2.65 bits per heavy atom. The van der Waals surface area contributed by atoms with E-state index in [0.717, 1.165) is 35.5 Å². The van der Waals surface area contributed by atoms with Crippen molar-refractivity contribution in [3.05, 3.63) is 53.1 Å². The Balaban J connectivity index is 1.86. The Labute approximate surface area is 135 Å². The summed E-state index contributed by atoms with van der Waals surface area (Å²) in [7, 11) is 0. The van der Waals surface area contributed by atoms with Gasteiger partial charge in [-0.2, -0.15) is 0 Å². The van der Waals surface area contributed by atoms with Crippen molar-refractivity contribution in [1.29, 1.82) is 0 Å². The van der Waals surface area contributed by atoms with Gasteiger partial charge < -0.3 is 14.7 Å². The molecule has 0 saturated carbocycles. The first kappa shape index (κ1) is 14.1. The number of benzene rings is 2. The largest absolute Gasteiger partial charge is 0.481 e. The lowest BCUT2D eigenvalue weighted by Crippen LogP contribution is -2.22. The number of nitrogens with zero attached hydrogens (tertiary/aromatic N) is 1. The summed E-state index contributed by atoms with van der Waals surface area (Å²) < 4.78 is 6.05. The van der Waals surface area contributed by atoms with E-state index in [1.807, 2.05) is 37.3 Å². The minimum atomic E-state index is -0.834. The number of anilines is 1. The molecule has 0 radical (unpaired) electrons. The third kappa shape index (κ3) is 2.25. The summed E-state index contributed by atoms with van der Waals surface area (Å²) >= 11 is 0. The van der Waals surface area contributed by atoms with E-state index in [1.165, 1.54) is 12.8 Å². The van der Waals surface area contributed by atoms with E-state index in [-0.39, 0.29) is 0 Å². The van der Waals surface area contributed by atoms with Crippen LogP contribution in [0.3, 0.4) is 0 Å². The normalized spacial score (nSPS) is 19.0. The van der Waals surface area contributed by atoms with Gasteiger partial charge in [-0.25, -0.2) is 0 Å². The summed E-state index contributed by atoms with van der Waals surface area (Å²) in [5.41, 5.74) is 3.61. The molecule has 118 valence electrons. The number of carbonyl (C=O) groups is 1. The highest BCUT2D eigenvalue weighted by Gasteiger charge is 2.34. The van der Waals surface area contributed by atoms with Crippen molar-refractivity contribution in [2.75, 3.05) is 18.0 Å². The van der Waals surface area contributed by atoms with Gasteiger partial charge in [-0.3, -0.25) is 4.79 Å². The fourth-order valence-electron chi connectivity index (χ4n) is 3.70. The molecule has 0 aromatic heterocycles. The number of aliphatic carboxylic acids is 1. The predicted octanol–water partition coefficient (Wildman–Crippen LogP) is 3.92. The van der Waals surface area contributed by atoms with Gasteiger partial charge >= 0.3 is 5.97 Å². The number of ether oxygens (including phenoxy) is 1. The molecule has 0 bridgehead atoms. The number of carboxylic acids is 1. The molecule has 23 heavy (non-hydrogen) atoms. The van der Waals surface area contributed by atoms with Crippen molar-refractivity contribution in [2.45, 2.75) is 25.7 Å². The van der Waals surface area contributed by atoms with Crippen molar-refractivity contribution in [3.63, 3.8) is 0 Å². The first-order chi connectivity index (χ1) is 11.1. The first-order valence-electron chi connectivity index (χ1n) is 8.04. The van der Waals surface area contributed by atoms with Gasteiger partial charge in [0.2, 0.25) is 0 Å². The van der Waals surface area contributed by atoms with Crippen molar-refractivity contribution >= 4 is 11.7 Å². The standard InChI is InChI=1S/C19H19NO3/c1-12-10-13(20-8-4-5-9-20)11-16-17(12)18(19(21)22)14-6-2-3-7-15(14)23-16/h2-3,6-7,10-11,18H,4-5,8-9H2,1H3,(H,21,22). The van der Waals surface area contributed by atoms with Gasteiger partial charge in [-0.05, 0) is 37.5 Å². The zero-order valence-electron chi connectivity index (χ0n) is 13.1. The lowest BCUT2D eigenvalue weighted by Gasteiger charge is -2.29. The Morgan fingerprint density at radius 1 is 1.17 bits per heavy atom. The minimum Gasteiger partial charge on any atom is -0.481 e. The third-order valence-corrected chi connectivity index (χ3v) is 4.79. The lowest BCUT2D eigenvalue weighted by molar-refractivity contribution is -0.137. The maximum absolute atomic E-state index is 11.9. The fourth-order valence-corrected chi connectivity index (χ4v) is 3.70. The first-order valence-corrected chi connectivity index (χ1v) is 8.04. The van der Waals surface area contributed by atoms with Gasteiger partial charge in [0.05, 0.1) is 0 Å².